The number of nitrogens with zero attached hydrogens (tertiary/aromatic N) is 2. The van der Waals surface area contributed by atoms with E-state index >= 15 is 0 Å². The van der Waals surface area contributed by atoms with Crippen LogP contribution in [-0.2, 0) is 0 Å². The van der Waals surface area contributed by atoms with Gasteiger partial charge in [0, 0.05) is 18.4 Å². The minimum atomic E-state index is 0.0803. The Morgan fingerprint density at radius 1 is 1.35 bits per heavy atom. The van der Waals surface area contributed by atoms with Crippen LogP contribution in [0.4, 0.5) is 0 Å². The van der Waals surface area contributed by atoms with Crippen molar-refractivity contribution in [2.75, 3.05) is 0 Å². The van der Waals surface area contributed by atoms with Crippen molar-refractivity contribution < 1.29 is 0 Å². The van der Waals surface area contributed by atoms with Gasteiger partial charge in [0.2, 0.25) is 0 Å². The number of rotatable bonds is 4. The molecule has 0 saturated heterocycles. The molecule has 0 fully saturated rings. The highest BCUT2D eigenvalue weighted by atomic mass is 15.3. The minimum Gasteiger partial charge on any atom is -0.326 e. The highest BCUT2D eigenvalue weighted by Gasteiger charge is 2.20. The molecule has 2 unspecified atom stereocenters. The van der Waals surface area contributed by atoms with Crippen LogP contribution in [0.15, 0.2) is 42.7 Å². The van der Waals surface area contributed by atoms with Crippen LogP contribution in [-0.4, -0.2) is 15.8 Å². The maximum absolute atomic E-state index is 6.23. The Bertz CT molecular complexity index is 462. The van der Waals surface area contributed by atoms with Crippen molar-refractivity contribution in [1.82, 2.24) is 9.78 Å². The SMILES string of the molecule is CCC(N)C(c1cccc(C)c1)n1cccn1. The summed E-state index contributed by atoms with van der Waals surface area (Å²) in [5.41, 5.74) is 8.71. The van der Waals surface area contributed by atoms with Crippen molar-refractivity contribution in [3.05, 3.63) is 53.9 Å². The van der Waals surface area contributed by atoms with Crippen molar-refractivity contribution in [3.8, 4) is 0 Å². The first-order valence-electron chi connectivity index (χ1n) is 6.03. The summed E-state index contributed by atoms with van der Waals surface area (Å²) in [6, 6.07) is 10.6. The zero-order valence-corrected chi connectivity index (χ0v) is 10.4. The monoisotopic (exact) mass is 229 g/mol. The van der Waals surface area contributed by atoms with Gasteiger partial charge in [-0.15, -0.1) is 0 Å². The van der Waals surface area contributed by atoms with Gasteiger partial charge >= 0.3 is 0 Å². The molecule has 1 heterocycles. The fraction of sp³-hybridized carbons (Fsp3) is 0.357. The Kier molecular flexibility index (Phi) is 3.59. The lowest BCUT2D eigenvalue weighted by Crippen LogP contribution is -2.32. The molecule has 2 aromatic rings. The molecular formula is C14H19N3. The average Bonchev–Trinajstić information content (AvgIpc) is 2.83. The summed E-state index contributed by atoms with van der Waals surface area (Å²) in [7, 11) is 0. The number of nitrogens with two attached hydrogens (primary N) is 1. The smallest absolute Gasteiger partial charge is 0.0919 e. The topological polar surface area (TPSA) is 43.8 Å². The zero-order valence-electron chi connectivity index (χ0n) is 10.4. The Morgan fingerprint density at radius 3 is 2.76 bits per heavy atom. The molecule has 1 aromatic heterocycles. The molecule has 0 saturated carbocycles. The molecule has 17 heavy (non-hydrogen) atoms. The van der Waals surface area contributed by atoms with E-state index in [1.54, 1.807) is 6.20 Å². The van der Waals surface area contributed by atoms with Gasteiger partial charge in [-0.2, -0.15) is 5.10 Å². The highest BCUT2D eigenvalue weighted by molar-refractivity contribution is 5.26. The van der Waals surface area contributed by atoms with E-state index in [2.05, 4.69) is 43.2 Å². The van der Waals surface area contributed by atoms with Crippen molar-refractivity contribution in [2.24, 2.45) is 5.73 Å². The molecule has 0 aliphatic rings. The first kappa shape index (κ1) is 11.9. The second-order valence-corrected chi connectivity index (χ2v) is 4.42. The second-order valence-electron chi connectivity index (χ2n) is 4.42. The summed E-state index contributed by atoms with van der Waals surface area (Å²) >= 11 is 0. The number of benzene rings is 1. The zero-order chi connectivity index (χ0) is 12.3. The predicted octanol–water partition coefficient (Wildman–Crippen LogP) is 2.52. The molecule has 0 spiro atoms. The molecule has 0 radical (unpaired) electrons. The summed E-state index contributed by atoms with van der Waals surface area (Å²) in [5.74, 6) is 0. The van der Waals surface area contributed by atoms with Gasteiger partial charge in [0.25, 0.3) is 0 Å². The Balaban J connectivity index is 2.40. The number of aryl methyl sites for hydroxylation is 1. The van der Waals surface area contributed by atoms with Crippen LogP contribution in [0.2, 0.25) is 0 Å². The van der Waals surface area contributed by atoms with E-state index in [-0.39, 0.29) is 12.1 Å². The summed E-state index contributed by atoms with van der Waals surface area (Å²) in [5, 5.41) is 4.33. The van der Waals surface area contributed by atoms with Gasteiger partial charge in [-0.05, 0) is 25.0 Å². The van der Waals surface area contributed by atoms with E-state index in [0.29, 0.717) is 0 Å². The van der Waals surface area contributed by atoms with Crippen LogP contribution in [0.5, 0.6) is 0 Å². The average molecular weight is 229 g/mol. The first-order chi connectivity index (χ1) is 8.22. The molecule has 1 aromatic carbocycles. The summed E-state index contributed by atoms with van der Waals surface area (Å²) in [6.45, 7) is 4.21. The van der Waals surface area contributed by atoms with Crippen LogP contribution in [0.1, 0.15) is 30.5 Å². The van der Waals surface area contributed by atoms with Crippen molar-refractivity contribution in [2.45, 2.75) is 32.4 Å². The standard InChI is InChI=1S/C14H19N3/c1-3-13(15)14(17-9-5-8-16-17)12-7-4-6-11(2)10-12/h4-10,13-14H,3,15H2,1-2H3. The fourth-order valence-electron chi connectivity index (χ4n) is 2.12. The van der Waals surface area contributed by atoms with E-state index in [4.69, 9.17) is 5.73 Å². The first-order valence-corrected chi connectivity index (χ1v) is 6.03. The fourth-order valence-corrected chi connectivity index (χ4v) is 2.12. The van der Waals surface area contributed by atoms with E-state index in [0.717, 1.165) is 6.42 Å². The van der Waals surface area contributed by atoms with Crippen LogP contribution >= 0.6 is 0 Å². The molecule has 2 N–H and O–H groups in total. The molecule has 3 nitrogen and oxygen atoms in total. The lowest BCUT2D eigenvalue weighted by atomic mass is 9.97. The highest BCUT2D eigenvalue weighted by Crippen LogP contribution is 2.22. The van der Waals surface area contributed by atoms with Crippen LogP contribution in [0.25, 0.3) is 0 Å². The van der Waals surface area contributed by atoms with E-state index < -0.39 is 0 Å². The second kappa shape index (κ2) is 5.15. The lowest BCUT2D eigenvalue weighted by molar-refractivity contribution is 0.424. The summed E-state index contributed by atoms with van der Waals surface area (Å²) in [6.07, 6.45) is 4.70. The van der Waals surface area contributed by atoms with Gasteiger partial charge in [-0.3, -0.25) is 4.68 Å². The number of aromatic nitrogens is 2. The summed E-state index contributed by atoms with van der Waals surface area (Å²) < 4.78 is 1.95. The molecule has 2 atom stereocenters. The van der Waals surface area contributed by atoms with Crippen LogP contribution in [0, 0.1) is 6.92 Å². The van der Waals surface area contributed by atoms with Crippen LogP contribution in [0.3, 0.4) is 0 Å². The lowest BCUT2D eigenvalue weighted by Gasteiger charge is -2.24. The molecule has 3 heteroatoms. The normalized spacial score (nSPS) is 14.5. The van der Waals surface area contributed by atoms with E-state index in [1.165, 1.54) is 11.1 Å². The molecule has 0 bridgehead atoms. The van der Waals surface area contributed by atoms with Crippen molar-refractivity contribution >= 4 is 0 Å². The molecular weight excluding hydrogens is 210 g/mol. The molecule has 0 amide bonds. The Labute approximate surface area is 102 Å². The van der Waals surface area contributed by atoms with Gasteiger partial charge in [0.05, 0.1) is 6.04 Å². The third kappa shape index (κ3) is 2.56. The molecule has 0 aliphatic heterocycles. The van der Waals surface area contributed by atoms with Gasteiger partial charge in [-0.25, -0.2) is 0 Å². The number of hydrogen-bond donors (Lipinski definition) is 1. The van der Waals surface area contributed by atoms with Gasteiger partial charge in [-0.1, -0.05) is 36.8 Å². The predicted molar refractivity (Wildman–Crippen MR) is 69.8 cm³/mol. The third-order valence-electron chi connectivity index (χ3n) is 3.07. The summed E-state index contributed by atoms with van der Waals surface area (Å²) in [4.78, 5) is 0. The largest absolute Gasteiger partial charge is 0.326 e. The Morgan fingerprint density at radius 2 is 2.18 bits per heavy atom. The quantitative estimate of drug-likeness (QED) is 0.875. The van der Waals surface area contributed by atoms with Crippen LogP contribution < -0.4 is 5.73 Å². The third-order valence-corrected chi connectivity index (χ3v) is 3.07. The molecule has 2 rings (SSSR count). The molecule has 90 valence electrons. The maximum atomic E-state index is 6.23. The number of hydrogen-bond acceptors (Lipinski definition) is 2. The van der Waals surface area contributed by atoms with Crippen molar-refractivity contribution in [3.63, 3.8) is 0 Å². The van der Waals surface area contributed by atoms with Gasteiger partial charge in [0.15, 0.2) is 0 Å². The molecule has 0 aliphatic carbocycles. The van der Waals surface area contributed by atoms with E-state index in [9.17, 15) is 0 Å². The van der Waals surface area contributed by atoms with Gasteiger partial charge < -0.3 is 5.73 Å². The minimum absolute atomic E-state index is 0.0803. The maximum Gasteiger partial charge on any atom is 0.0919 e. The Hall–Kier alpha value is -1.61. The van der Waals surface area contributed by atoms with Crippen molar-refractivity contribution in [1.29, 1.82) is 0 Å². The van der Waals surface area contributed by atoms with Gasteiger partial charge in [0.1, 0.15) is 0 Å². The van der Waals surface area contributed by atoms with E-state index in [1.807, 2.05) is 16.9 Å².